The summed E-state index contributed by atoms with van der Waals surface area (Å²) in [7, 11) is 0. The molecular formula is C11H12BrNO. The van der Waals surface area contributed by atoms with Gasteiger partial charge < -0.3 is 0 Å². The van der Waals surface area contributed by atoms with Gasteiger partial charge in [0.05, 0.1) is 0 Å². The van der Waals surface area contributed by atoms with Crippen molar-refractivity contribution in [3.8, 4) is 0 Å². The molecule has 0 spiro atoms. The molecule has 0 aliphatic heterocycles. The minimum Gasteiger partial charge on any atom is -0.300 e. The van der Waals surface area contributed by atoms with Crippen molar-refractivity contribution in [1.82, 2.24) is 4.98 Å². The Hall–Kier alpha value is -0.700. The highest BCUT2D eigenvalue weighted by Crippen LogP contribution is 2.26. The highest BCUT2D eigenvalue weighted by atomic mass is 79.9. The second-order valence-electron chi connectivity index (χ2n) is 3.86. The maximum absolute atomic E-state index is 11.1. The molecule has 14 heavy (non-hydrogen) atoms. The van der Waals surface area contributed by atoms with Crippen LogP contribution in [0.4, 0.5) is 0 Å². The van der Waals surface area contributed by atoms with Gasteiger partial charge in [-0.1, -0.05) is 0 Å². The van der Waals surface area contributed by atoms with Gasteiger partial charge in [0.1, 0.15) is 5.78 Å². The highest BCUT2D eigenvalue weighted by molar-refractivity contribution is 9.10. The van der Waals surface area contributed by atoms with Crippen molar-refractivity contribution in [3.63, 3.8) is 0 Å². The van der Waals surface area contributed by atoms with Crippen LogP contribution in [0.2, 0.25) is 0 Å². The van der Waals surface area contributed by atoms with Gasteiger partial charge in [0.15, 0.2) is 0 Å². The number of aromatic nitrogens is 1. The van der Waals surface area contributed by atoms with Crippen molar-refractivity contribution >= 4 is 21.7 Å². The number of carbonyl (C=O) groups is 1. The van der Waals surface area contributed by atoms with Gasteiger partial charge in [-0.05, 0) is 46.3 Å². The molecule has 0 N–H and O–H groups in total. The van der Waals surface area contributed by atoms with Crippen molar-refractivity contribution in [2.24, 2.45) is 5.92 Å². The van der Waals surface area contributed by atoms with Gasteiger partial charge >= 0.3 is 0 Å². The molecule has 1 aliphatic carbocycles. The molecule has 2 rings (SSSR count). The van der Waals surface area contributed by atoms with Gasteiger partial charge in [-0.3, -0.25) is 9.78 Å². The smallest absolute Gasteiger partial charge is 0.133 e. The molecule has 0 amide bonds. The molecule has 1 fully saturated rings. The fourth-order valence-electron chi connectivity index (χ4n) is 1.97. The lowest BCUT2D eigenvalue weighted by Crippen LogP contribution is -2.00. The van der Waals surface area contributed by atoms with Crippen LogP contribution in [0.3, 0.4) is 0 Å². The van der Waals surface area contributed by atoms with Crippen LogP contribution >= 0.6 is 15.9 Å². The predicted molar refractivity (Wildman–Crippen MR) is 58.0 cm³/mol. The van der Waals surface area contributed by atoms with Crippen LogP contribution < -0.4 is 0 Å². The molecule has 1 atom stereocenters. The molecule has 74 valence electrons. The average Bonchev–Trinajstić information content (AvgIpc) is 2.51. The molecule has 0 aromatic carbocycles. The average molecular weight is 254 g/mol. The fourth-order valence-corrected chi connectivity index (χ4v) is 2.38. The fraction of sp³-hybridized carbons (Fsp3) is 0.455. The Bertz CT molecular complexity index is 351. The number of rotatable bonds is 2. The molecule has 3 heteroatoms. The van der Waals surface area contributed by atoms with Crippen molar-refractivity contribution < 1.29 is 4.79 Å². The molecule has 0 bridgehead atoms. The SMILES string of the molecule is O=C1CCC(Cc2cncc(Br)c2)C1. The zero-order valence-corrected chi connectivity index (χ0v) is 9.46. The lowest BCUT2D eigenvalue weighted by atomic mass is 9.99. The Labute approximate surface area is 91.9 Å². The quantitative estimate of drug-likeness (QED) is 0.812. The Morgan fingerprint density at radius 3 is 3.00 bits per heavy atom. The molecule has 1 unspecified atom stereocenters. The van der Waals surface area contributed by atoms with E-state index < -0.39 is 0 Å². The largest absolute Gasteiger partial charge is 0.300 e. The Balaban J connectivity index is 2.00. The second-order valence-corrected chi connectivity index (χ2v) is 4.78. The van der Waals surface area contributed by atoms with Gasteiger partial charge in [-0.15, -0.1) is 0 Å². The molecule has 0 saturated heterocycles. The molecular weight excluding hydrogens is 242 g/mol. The Morgan fingerprint density at radius 2 is 2.36 bits per heavy atom. The third-order valence-corrected chi connectivity index (χ3v) is 3.07. The van der Waals surface area contributed by atoms with Crippen molar-refractivity contribution in [2.45, 2.75) is 25.7 Å². The van der Waals surface area contributed by atoms with Gasteiger partial charge in [0, 0.05) is 29.7 Å². The molecule has 1 aliphatic rings. The topological polar surface area (TPSA) is 30.0 Å². The van der Waals surface area contributed by atoms with E-state index in [2.05, 4.69) is 27.0 Å². The summed E-state index contributed by atoms with van der Waals surface area (Å²) in [6.07, 6.45) is 7.22. The van der Waals surface area contributed by atoms with Crippen LogP contribution in [0.25, 0.3) is 0 Å². The van der Waals surface area contributed by atoms with E-state index >= 15 is 0 Å². The summed E-state index contributed by atoms with van der Waals surface area (Å²) in [6, 6.07) is 2.08. The number of halogens is 1. The van der Waals surface area contributed by atoms with Crippen LogP contribution in [0.1, 0.15) is 24.8 Å². The van der Waals surface area contributed by atoms with Gasteiger partial charge in [0.2, 0.25) is 0 Å². The number of pyridine rings is 1. The number of carbonyl (C=O) groups excluding carboxylic acids is 1. The van der Waals surface area contributed by atoms with Gasteiger partial charge in [0.25, 0.3) is 0 Å². The van der Waals surface area contributed by atoms with E-state index in [1.807, 2.05) is 6.20 Å². The molecule has 1 aromatic heterocycles. The number of hydrogen-bond donors (Lipinski definition) is 0. The Kier molecular flexibility index (Phi) is 2.96. The Morgan fingerprint density at radius 1 is 1.50 bits per heavy atom. The van der Waals surface area contributed by atoms with Crippen LogP contribution in [0, 0.1) is 5.92 Å². The molecule has 1 heterocycles. The first-order valence-corrected chi connectivity index (χ1v) is 5.64. The van der Waals surface area contributed by atoms with Crippen LogP contribution in [-0.2, 0) is 11.2 Å². The lowest BCUT2D eigenvalue weighted by Gasteiger charge is -2.07. The maximum atomic E-state index is 11.1. The maximum Gasteiger partial charge on any atom is 0.133 e. The van der Waals surface area contributed by atoms with Crippen molar-refractivity contribution in [3.05, 3.63) is 28.5 Å². The van der Waals surface area contributed by atoms with Crippen LogP contribution in [0.5, 0.6) is 0 Å². The number of hydrogen-bond acceptors (Lipinski definition) is 2. The summed E-state index contributed by atoms with van der Waals surface area (Å²) < 4.78 is 1.01. The molecule has 2 nitrogen and oxygen atoms in total. The minimum absolute atomic E-state index is 0.415. The number of Topliss-reactive ketones (excluding diaryl/α,β-unsaturated/α-hetero) is 1. The monoisotopic (exact) mass is 253 g/mol. The first-order valence-electron chi connectivity index (χ1n) is 4.85. The van der Waals surface area contributed by atoms with E-state index in [0.29, 0.717) is 11.7 Å². The lowest BCUT2D eigenvalue weighted by molar-refractivity contribution is -0.117. The summed E-state index contributed by atoms with van der Waals surface area (Å²) in [5, 5.41) is 0. The van der Waals surface area contributed by atoms with Crippen molar-refractivity contribution in [1.29, 1.82) is 0 Å². The van der Waals surface area contributed by atoms with Crippen LogP contribution in [0.15, 0.2) is 22.9 Å². The van der Waals surface area contributed by atoms with Gasteiger partial charge in [-0.2, -0.15) is 0 Å². The highest BCUT2D eigenvalue weighted by Gasteiger charge is 2.22. The summed E-state index contributed by atoms with van der Waals surface area (Å²) in [5.41, 5.74) is 1.22. The van der Waals surface area contributed by atoms with Crippen LogP contribution in [-0.4, -0.2) is 10.8 Å². The molecule has 0 radical (unpaired) electrons. The first-order chi connectivity index (χ1) is 6.74. The van der Waals surface area contributed by atoms with Gasteiger partial charge in [-0.25, -0.2) is 0 Å². The van der Waals surface area contributed by atoms with E-state index in [1.165, 1.54) is 5.56 Å². The van der Waals surface area contributed by atoms with E-state index in [0.717, 1.165) is 30.2 Å². The zero-order chi connectivity index (χ0) is 9.97. The van der Waals surface area contributed by atoms with E-state index in [9.17, 15) is 4.79 Å². The normalized spacial score (nSPS) is 21.5. The van der Waals surface area contributed by atoms with Crippen molar-refractivity contribution in [2.75, 3.05) is 0 Å². The number of nitrogens with zero attached hydrogens (tertiary/aromatic N) is 1. The number of ketones is 1. The van der Waals surface area contributed by atoms with E-state index in [1.54, 1.807) is 6.20 Å². The minimum atomic E-state index is 0.415. The van der Waals surface area contributed by atoms with E-state index in [-0.39, 0.29) is 0 Å². The second kappa shape index (κ2) is 4.22. The summed E-state index contributed by atoms with van der Waals surface area (Å²) in [4.78, 5) is 15.2. The summed E-state index contributed by atoms with van der Waals surface area (Å²) in [6.45, 7) is 0. The van der Waals surface area contributed by atoms with E-state index in [4.69, 9.17) is 0 Å². The summed E-state index contributed by atoms with van der Waals surface area (Å²) in [5.74, 6) is 0.955. The first kappa shape index (κ1) is 9.84. The predicted octanol–water partition coefficient (Wildman–Crippen LogP) is 2.76. The third kappa shape index (κ3) is 2.41. The standard InChI is InChI=1S/C11H12BrNO/c12-10-4-9(6-13-7-10)3-8-1-2-11(14)5-8/h4,6-8H,1-3,5H2. The molecule has 1 saturated carbocycles. The summed E-state index contributed by atoms with van der Waals surface area (Å²) >= 11 is 3.39. The third-order valence-electron chi connectivity index (χ3n) is 2.63. The molecule has 1 aromatic rings. The zero-order valence-electron chi connectivity index (χ0n) is 7.87.